The number of hydrogen-bond donors (Lipinski definition) is 1. The average molecular weight is 181 g/mol. The summed E-state index contributed by atoms with van der Waals surface area (Å²) < 4.78 is 1.74. The number of amides is 1. The van der Waals surface area contributed by atoms with Crippen molar-refractivity contribution in [2.45, 2.75) is 26.7 Å². The van der Waals surface area contributed by atoms with Crippen molar-refractivity contribution in [1.29, 1.82) is 0 Å². The summed E-state index contributed by atoms with van der Waals surface area (Å²) in [5.41, 5.74) is 1.03. The smallest absolute Gasteiger partial charge is 0.225 e. The van der Waals surface area contributed by atoms with Gasteiger partial charge in [-0.3, -0.25) is 9.48 Å². The van der Waals surface area contributed by atoms with Gasteiger partial charge in [-0.15, -0.1) is 0 Å². The maximum atomic E-state index is 11.2. The third-order valence-corrected chi connectivity index (χ3v) is 1.86. The summed E-state index contributed by atoms with van der Waals surface area (Å²) in [6.45, 7) is 3.92. The standard InChI is InChI=1S/C9H15N3O/c1-4-5-9(13)10-8-6-7(2)12(3)11-8/h6H,4-5H2,1-3H3,(H,10,11,13). The summed E-state index contributed by atoms with van der Waals surface area (Å²) in [7, 11) is 1.85. The molecule has 0 aliphatic carbocycles. The van der Waals surface area contributed by atoms with E-state index < -0.39 is 0 Å². The van der Waals surface area contributed by atoms with E-state index in [2.05, 4.69) is 10.4 Å². The molecule has 0 aliphatic rings. The fraction of sp³-hybridized carbons (Fsp3) is 0.556. The monoisotopic (exact) mass is 181 g/mol. The van der Waals surface area contributed by atoms with Gasteiger partial charge in [-0.25, -0.2) is 0 Å². The minimum Gasteiger partial charge on any atom is -0.309 e. The fourth-order valence-corrected chi connectivity index (χ4v) is 1.05. The van der Waals surface area contributed by atoms with E-state index in [1.54, 1.807) is 4.68 Å². The zero-order chi connectivity index (χ0) is 9.84. The van der Waals surface area contributed by atoms with Crippen molar-refractivity contribution < 1.29 is 4.79 Å². The molecule has 0 aromatic carbocycles. The summed E-state index contributed by atoms with van der Waals surface area (Å²) in [5, 5.41) is 6.85. The molecule has 1 heterocycles. The van der Waals surface area contributed by atoms with Crippen molar-refractivity contribution in [2.75, 3.05) is 5.32 Å². The van der Waals surface area contributed by atoms with Gasteiger partial charge in [0.15, 0.2) is 5.82 Å². The molecule has 1 aromatic heterocycles. The molecule has 1 rings (SSSR count). The normalized spacial score (nSPS) is 10.1. The van der Waals surface area contributed by atoms with Gasteiger partial charge in [0.25, 0.3) is 0 Å². The van der Waals surface area contributed by atoms with E-state index in [1.807, 2.05) is 27.0 Å². The van der Waals surface area contributed by atoms with Gasteiger partial charge in [0.2, 0.25) is 5.91 Å². The third kappa shape index (κ3) is 2.57. The molecule has 0 radical (unpaired) electrons. The lowest BCUT2D eigenvalue weighted by molar-refractivity contribution is -0.116. The van der Waals surface area contributed by atoms with Gasteiger partial charge in [0, 0.05) is 25.2 Å². The molecule has 0 atom stereocenters. The third-order valence-electron chi connectivity index (χ3n) is 1.86. The van der Waals surface area contributed by atoms with Crippen LogP contribution in [0.2, 0.25) is 0 Å². The highest BCUT2D eigenvalue weighted by atomic mass is 16.1. The topological polar surface area (TPSA) is 46.9 Å². The largest absolute Gasteiger partial charge is 0.309 e. The minimum atomic E-state index is 0.0283. The molecule has 1 aromatic rings. The molecule has 0 unspecified atom stereocenters. The molecule has 0 spiro atoms. The van der Waals surface area contributed by atoms with E-state index in [1.165, 1.54) is 0 Å². The number of nitrogens with zero attached hydrogens (tertiary/aromatic N) is 2. The zero-order valence-corrected chi connectivity index (χ0v) is 8.29. The van der Waals surface area contributed by atoms with Gasteiger partial charge >= 0.3 is 0 Å². The Morgan fingerprint density at radius 1 is 1.69 bits per heavy atom. The van der Waals surface area contributed by atoms with Crippen molar-refractivity contribution in [2.24, 2.45) is 7.05 Å². The number of anilines is 1. The molecule has 0 fully saturated rings. The summed E-state index contributed by atoms with van der Waals surface area (Å²) >= 11 is 0. The predicted molar refractivity (Wildman–Crippen MR) is 51.5 cm³/mol. The number of carbonyl (C=O) groups is 1. The molecule has 0 bridgehead atoms. The van der Waals surface area contributed by atoms with E-state index in [0.717, 1.165) is 12.1 Å². The maximum Gasteiger partial charge on any atom is 0.225 e. The summed E-state index contributed by atoms with van der Waals surface area (Å²) in [4.78, 5) is 11.2. The number of rotatable bonds is 3. The Bertz CT molecular complexity index is 284. The molecule has 13 heavy (non-hydrogen) atoms. The fourth-order valence-electron chi connectivity index (χ4n) is 1.05. The predicted octanol–water partition coefficient (Wildman–Crippen LogP) is 1.47. The SMILES string of the molecule is CCCC(=O)Nc1cc(C)n(C)n1. The second kappa shape index (κ2) is 4.07. The lowest BCUT2D eigenvalue weighted by Gasteiger charge is -1.98. The Morgan fingerprint density at radius 3 is 2.85 bits per heavy atom. The molecule has 1 N–H and O–H groups in total. The first-order chi connectivity index (χ1) is 6.13. The van der Waals surface area contributed by atoms with E-state index in [-0.39, 0.29) is 5.91 Å². The van der Waals surface area contributed by atoms with Crippen LogP contribution in [0.25, 0.3) is 0 Å². The van der Waals surface area contributed by atoms with Gasteiger partial charge < -0.3 is 5.32 Å². The maximum absolute atomic E-state index is 11.2. The van der Waals surface area contributed by atoms with Crippen LogP contribution in [0.3, 0.4) is 0 Å². The lowest BCUT2D eigenvalue weighted by Crippen LogP contribution is -2.11. The van der Waals surface area contributed by atoms with Crippen molar-refractivity contribution >= 4 is 11.7 Å². The molecule has 72 valence electrons. The number of nitrogens with one attached hydrogen (secondary N) is 1. The van der Waals surface area contributed by atoms with Crippen LogP contribution in [-0.4, -0.2) is 15.7 Å². The molecule has 0 aliphatic heterocycles. The van der Waals surface area contributed by atoms with E-state index >= 15 is 0 Å². The van der Waals surface area contributed by atoms with E-state index in [9.17, 15) is 4.79 Å². The average Bonchev–Trinajstić information content (AvgIpc) is 2.31. The van der Waals surface area contributed by atoms with Crippen LogP contribution in [0.4, 0.5) is 5.82 Å². The van der Waals surface area contributed by atoms with Crippen LogP contribution in [0, 0.1) is 6.92 Å². The first-order valence-electron chi connectivity index (χ1n) is 4.44. The summed E-state index contributed by atoms with van der Waals surface area (Å²) in [6, 6.07) is 1.85. The number of aryl methyl sites for hydroxylation is 2. The molecular formula is C9H15N3O. The quantitative estimate of drug-likeness (QED) is 0.767. The second-order valence-electron chi connectivity index (χ2n) is 3.09. The van der Waals surface area contributed by atoms with Crippen LogP contribution in [0.15, 0.2) is 6.07 Å². The second-order valence-corrected chi connectivity index (χ2v) is 3.09. The van der Waals surface area contributed by atoms with Gasteiger partial charge in [-0.2, -0.15) is 5.10 Å². The van der Waals surface area contributed by atoms with Crippen LogP contribution in [0.1, 0.15) is 25.5 Å². The first-order valence-corrected chi connectivity index (χ1v) is 4.44. The molecule has 0 saturated carbocycles. The van der Waals surface area contributed by atoms with Crippen molar-refractivity contribution in [3.63, 3.8) is 0 Å². The molecule has 4 nitrogen and oxygen atoms in total. The highest BCUT2D eigenvalue weighted by molar-refractivity contribution is 5.89. The van der Waals surface area contributed by atoms with Crippen LogP contribution in [0.5, 0.6) is 0 Å². The Morgan fingerprint density at radius 2 is 2.38 bits per heavy atom. The Labute approximate surface area is 77.9 Å². The highest BCUT2D eigenvalue weighted by Gasteiger charge is 2.04. The van der Waals surface area contributed by atoms with Gasteiger partial charge in [0.1, 0.15) is 0 Å². The Kier molecular flexibility index (Phi) is 3.06. The number of carbonyl (C=O) groups excluding carboxylic acids is 1. The lowest BCUT2D eigenvalue weighted by atomic mass is 10.3. The Balaban J connectivity index is 2.59. The van der Waals surface area contributed by atoms with Crippen LogP contribution < -0.4 is 5.32 Å². The van der Waals surface area contributed by atoms with Gasteiger partial charge in [-0.05, 0) is 13.3 Å². The van der Waals surface area contributed by atoms with Gasteiger partial charge in [-0.1, -0.05) is 6.92 Å². The van der Waals surface area contributed by atoms with Crippen molar-refractivity contribution in [3.8, 4) is 0 Å². The van der Waals surface area contributed by atoms with Crippen molar-refractivity contribution in [1.82, 2.24) is 9.78 Å². The minimum absolute atomic E-state index is 0.0283. The van der Waals surface area contributed by atoms with Crippen molar-refractivity contribution in [3.05, 3.63) is 11.8 Å². The molecule has 4 heteroatoms. The molecular weight excluding hydrogens is 166 g/mol. The highest BCUT2D eigenvalue weighted by Crippen LogP contribution is 2.07. The molecule has 0 saturated heterocycles. The summed E-state index contributed by atoms with van der Waals surface area (Å²) in [6.07, 6.45) is 1.41. The first kappa shape index (κ1) is 9.77. The number of hydrogen-bond acceptors (Lipinski definition) is 2. The zero-order valence-electron chi connectivity index (χ0n) is 8.29. The van der Waals surface area contributed by atoms with E-state index in [4.69, 9.17) is 0 Å². The van der Waals surface area contributed by atoms with Crippen LogP contribution in [-0.2, 0) is 11.8 Å². The molecule has 1 amide bonds. The Hall–Kier alpha value is -1.32. The van der Waals surface area contributed by atoms with Crippen LogP contribution >= 0.6 is 0 Å². The summed E-state index contributed by atoms with van der Waals surface area (Å²) in [5.74, 6) is 0.666. The van der Waals surface area contributed by atoms with E-state index in [0.29, 0.717) is 12.2 Å². The number of aromatic nitrogens is 2. The van der Waals surface area contributed by atoms with Gasteiger partial charge in [0.05, 0.1) is 0 Å².